The average Bonchev–Trinajstić information content (AvgIpc) is 2.69. The first-order chi connectivity index (χ1) is 8.89. The summed E-state index contributed by atoms with van der Waals surface area (Å²) in [6.07, 6.45) is -4.67. The Bertz CT molecular complexity index is 563. The average molecular weight is 382 g/mol. The van der Waals surface area contributed by atoms with Gasteiger partial charge in [-0.15, -0.1) is 13.2 Å². The molecule has 3 nitrogen and oxygen atoms in total. The van der Waals surface area contributed by atoms with E-state index in [0.717, 1.165) is 21.4 Å². The molecule has 0 atom stereocenters. The number of aromatic nitrogens is 2. The number of nitrogens with zero attached hydrogens (tertiary/aromatic N) is 2. The lowest BCUT2D eigenvalue weighted by atomic mass is 10.1. The highest BCUT2D eigenvalue weighted by atomic mass is 127. The van der Waals surface area contributed by atoms with E-state index in [2.05, 4.69) is 32.4 Å². The summed E-state index contributed by atoms with van der Waals surface area (Å²) in [4.78, 5) is 0. The summed E-state index contributed by atoms with van der Waals surface area (Å²) in [5.41, 5.74) is 2.53. The van der Waals surface area contributed by atoms with Crippen LogP contribution in [0.2, 0.25) is 0 Å². The number of hydrogen-bond donors (Lipinski definition) is 0. The molecule has 0 bridgehead atoms. The molecular weight excluding hydrogens is 372 g/mol. The minimum absolute atomic E-state index is 0.235. The van der Waals surface area contributed by atoms with Gasteiger partial charge in [-0.2, -0.15) is 5.10 Å². The molecular formula is C12H10F3IN2O. The fourth-order valence-corrected chi connectivity index (χ4v) is 2.31. The molecule has 102 valence electrons. The fraction of sp³-hybridized carbons (Fsp3) is 0.250. The first-order valence-corrected chi connectivity index (χ1v) is 6.86. The molecule has 0 fully saturated rings. The van der Waals surface area contributed by atoms with Crippen LogP contribution in [-0.2, 0) is 11.5 Å². The molecule has 0 N–H and O–H groups in total. The van der Waals surface area contributed by atoms with Crippen molar-refractivity contribution in [2.24, 2.45) is 7.05 Å². The minimum Gasteiger partial charge on any atom is -0.406 e. The summed E-state index contributed by atoms with van der Waals surface area (Å²) in [5, 5.41) is 4.30. The van der Waals surface area contributed by atoms with Crippen molar-refractivity contribution in [2.75, 3.05) is 0 Å². The van der Waals surface area contributed by atoms with Gasteiger partial charge < -0.3 is 4.74 Å². The molecule has 0 aliphatic rings. The SMILES string of the molecule is Cn1nc(-c2ccc(OC(F)(F)F)cc2)cc1CI. The quantitative estimate of drug-likeness (QED) is 0.595. The molecule has 0 radical (unpaired) electrons. The Labute approximate surface area is 121 Å². The van der Waals surface area contributed by atoms with Crippen LogP contribution in [0.5, 0.6) is 5.75 Å². The maximum absolute atomic E-state index is 12.0. The summed E-state index contributed by atoms with van der Waals surface area (Å²) < 4.78 is 42.5. The zero-order valence-electron chi connectivity index (χ0n) is 9.91. The standard InChI is InChI=1S/C12H10F3IN2O/c1-18-9(7-16)6-11(17-18)8-2-4-10(5-3-8)19-12(13,14)15/h2-6H,7H2,1H3. The topological polar surface area (TPSA) is 27.1 Å². The van der Waals surface area contributed by atoms with Gasteiger partial charge in [0.1, 0.15) is 5.75 Å². The van der Waals surface area contributed by atoms with E-state index in [-0.39, 0.29) is 5.75 Å². The molecule has 7 heteroatoms. The Balaban J connectivity index is 2.22. The molecule has 0 aliphatic carbocycles. The van der Waals surface area contributed by atoms with Gasteiger partial charge in [0.15, 0.2) is 0 Å². The van der Waals surface area contributed by atoms with E-state index < -0.39 is 6.36 Å². The Morgan fingerprint density at radius 1 is 1.26 bits per heavy atom. The Morgan fingerprint density at radius 2 is 1.89 bits per heavy atom. The largest absolute Gasteiger partial charge is 0.573 e. The molecule has 2 aromatic rings. The Hall–Kier alpha value is -1.25. The highest BCUT2D eigenvalue weighted by Gasteiger charge is 2.30. The summed E-state index contributed by atoms with van der Waals surface area (Å²) in [5.74, 6) is -0.235. The van der Waals surface area contributed by atoms with Crippen LogP contribution in [-0.4, -0.2) is 16.1 Å². The van der Waals surface area contributed by atoms with Gasteiger partial charge in [-0.05, 0) is 30.3 Å². The number of ether oxygens (including phenoxy) is 1. The van der Waals surface area contributed by atoms with Gasteiger partial charge in [-0.3, -0.25) is 4.68 Å². The fourth-order valence-electron chi connectivity index (χ4n) is 1.60. The summed E-state index contributed by atoms with van der Waals surface area (Å²) in [6, 6.07) is 7.58. The van der Waals surface area contributed by atoms with E-state index in [1.165, 1.54) is 12.1 Å². The lowest BCUT2D eigenvalue weighted by Crippen LogP contribution is -2.16. The zero-order valence-corrected chi connectivity index (χ0v) is 12.1. The molecule has 0 saturated carbocycles. The second-order valence-electron chi connectivity index (χ2n) is 3.85. The van der Waals surface area contributed by atoms with Crippen LogP contribution in [0.1, 0.15) is 5.69 Å². The monoisotopic (exact) mass is 382 g/mol. The third-order valence-corrected chi connectivity index (χ3v) is 3.28. The molecule has 0 saturated heterocycles. The van der Waals surface area contributed by atoms with E-state index in [4.69, 9.17) is 0 Å². The summed E-state index contributed by atoms with van der Waals surface area (Å²) in [7, 11) is 1.83. The second-order valence-corrected chi connectivity index (χ2v) is 4.61. The van der Waals surface area contributed by atoms with Crippen LogP contribution >= 0.6 is 22.6 Å². The molecule has 0 spiro atoms. The van der Waals surface area contributed by atoms with Crippen LogP contribution in [0.25, 0.3) is 11.3 Å². The van der Waals surface area contributed by atoms with Crippen molar-refractivity contribution in [3.63, 3.8) is 0 Å². The number of rotatable bonds is 3. The van der Waals surface area contributed by atoms with Crippen molar-refractivity contribution >= 4 is 22.6 Å². The first-order valence-electron chi connectivity index (χ1n) is 5.34. The molecule has 1 aromatic heterocycles. The highest BCUT2D eigenvalue weighted by molar-refractivity contribution is 14.1. The molecule has 0 amide bonds. The van der Waals surface area contributed by atoms with Crippen molar-refractivity contribution in [2.45, 2.75) is 10.8 Å². The van der Waals surface area contributed by atoms with Crippen molar-refractivity contribution in [1.29, 1.82) is 0 Å². The van der Waals surface area contributed by atoms with E-state index in [1.54, 1.807) is 16.8 Å². The maximum atomic E-state index is 12.0. The van der Waals surface area contributed by atoms with Crippen molar-refractivity contribution in [1.82, 2.24) is 9.78 Å². The van der Waals surface area contributed by atoms with Crippen LogP contribution < -0.4 is 4.74 Å². The number of aryl methyl sites for hydroxylation is 1. The first kappa shape index (κ1) is 14.2. The van der Waals surface area contributed by atoms with E-state index >= 15 is 0 Å². The van der Waals surface area contributed by atoms with Crippen molar-refractivity contribution in [3.8, 4) is 17.0 Å². The van der Waals surface area contributed by atoms with Crippen LogP contribution in [0.3, 0.4) is 0 Å². The normalized spacial score (nSPS) is 11.6. The molecule has 19 heavy (non-hydrogen) atoms. The van der Waals surface area contributed by atoms with Crippen LogP contribution in [0, 0.1) is 0 Å². The zero-order chi connectivity index (χ0) is 14.0. The second kappa shape index (κ2) is 5.40. The molecule has 0 aliphatic heterocycles. The van der Waals surface area contributed by atoms with Crippen LogP contribution in [0.15, 0.2) is 30.3 Å². The molecule has 1 heterocycles. The van der Waals surface area contributed by atoms with Crippen molar-refractivity contribution < 1.29 is 17.9 Å². The summed E-state index contributed by atoms with van der Waals surface area (Å²) in [6.45, 7) is 0. The highest BCUT2D eigenvalue weighted by Crippen LogP contribution is 2.26. The van der Waals surface area contributed by atoms with E-state index in [1.807, 2.05) is 13.1 Å². The number of benzene rings is 1. The van der Waals surface area contributed by atoms with E-state index in [0.29, 0.717) is 0 Å². The number of halogens is 4. The lowest BCUT2D eigenvalue weighted by molar-refractivity contribution is -0.274. The van der Waals surface area contributed by atoms with Gasteiger partial charge in [0.2, 0.25) is 0 Å². The lowest BCUT2D eigenvalue weighted by Gasteiger charge is -2.08. The van der Waals surface area contributed by atoms with E-state index in [9.17, 15) is 13.2 Å². The number of hydrogen-bond acceptors (Lipinski definition) is 2. The smallest absolute Gasteiger partial charge is 0.406 e. The predicted octanol–water partition coefficient (Wildman–Crippen LogP) is 3.92. The van der Waals surface area contributed by atoms with Gasteiger partial charge in [0, 0.05) is 22.7 Å². The van der Waals surface area contributed by atoms with Gasteiger partial charge in [-0.1, -0.05) is 22.6 Å². The number of alkyl halides is 4. The maximum Gasteiger partial charge on any atom is 0.573 e. The summed E-state index contributed by atoms with van der Waals surface area (Å²) >= 11 is 2.23. The Kier molecular flexibility index (Phi) is 4.02. The Morgan fingerprint density at radius 3 is 2.37 bits per heavy atom. The molecule has 1 aromatic carbocycles. The van der Waals surface area contributed by atoms with Gasteiger partial charge in [0.25, 0.3) is 0 Å². The third-order valence-electron chi connectivity index (χ3n) is 2.50. The van der Waals surface area contributed by atoms with Gasteiger partial charge in [-0.25, -0.2) is 0 Å². The third kappa shape index (κ3) is 3.62. The molecule has 0 unspecified atom stereocenters. The van der Waals surface area contributed by atoms with Gasteiger partial charge in [0.05, 0.1) is 5.69 Å². The predicted molar refractivity (Wildman–Crippen MR) is 73.1 cm³/mol. The molecule has 2 rings (SSSR count). The van der Waals surface area contributed by atoms with Gasteiger partial charge >= 0.3 is 6.36 Å². The minimum atomic E-state index is -4.67. The van der Waals surface area contributed by atoms with Crippen molar-refractivity contribution in [3.05, 3.63) is 36.0 Å². The van der Waals surface area contributed by atoms with Crippen LogP contribution in [0.4, 0.5) is 13.2 Å².